The summed E-state index contributed by atoms with van der Waals surface area (Å²) in [6.07, 6.45) is 1.05. The summed E-state index contributed by atoms with van der Waals surface area (Å²) < 4.78 is 25.6. The number of rotatable bonds is 6. The first-order chi connectivity index (χ1) is 13.3. The molecule has 10 heteroatoms. The van der Waals surface area contributed by atoms with Crippen LogP contribution in [0.15, 0.2) is 54.6 Å². The van der Waals surface area contributed by atoms with Crippen molar-refractivity contribution in [3.8, 4) is 10.6 Å². The zero-order valence-corrected chi connectivity index (χ0v) is 17.4. The highest BCUT2D eigenvalue weighted by Crippen LogP contribution is 2.27. The van der Waals surface area contributed by atoms with Gasteiger partial charge in [-0.3, -0.25) is 14.4 Å². The Hall–Kier alpha value is -2.49. The van der Waals surface area contributed by atoms with Gasteiger partial charge >= 0.3 is 0 Å². The first-order valence-electron chi connectivity index (χ1n) is 8.20. The Bertz CT molecular complexity index is 1070. The van der Waals surface area contributed by atoms with Gasteiger partial charge in [0.05, 0.1) is 11.9 Å². The summed E-state index contributed by atoms with van der Waals surface area (Å²) in [6.45, 7) is 1.50. The average molecular weight is 437 g/mol. The standard InChI is InChI=1S/C18H17ClN4O3S2/c1-12(23(28(2,25)26)15-10-8-14(19)9-11-15)16(24)20-18-22-21-17(27-18)13-6-4-3-5-7-13/h3-12H,1-2H3,(H,20,22,24)/t12-/m1/s1. The monoisotopic (exact) mass is 436 g/mol. The van der Waals surface area contributed by atoms with Crippen molar-refractivity contribution in [3.63, 3.8) is 0 Å². The van der Waals surface area contributed by atoms with Crippen LogP contribution in [0, 0.1) is 0 Å². The van der Waals surface area contributed by atoms with E-state index in [2.05, 4.69) is 15.5 Å². The number of amides is 1. The second-order valence-corrected chi connectivity index (χ2v) is 9.25. The van der Waals surface area contributed by atoms with Gasteiger partial charge < -0.3 is 0 Å². The molecule has 0 fully saturated rings. The average Bonchev–Trinajstić information content (AvgIpc) is 3.11. The van der Waals surface area contributed by atoms with Crippen molar-refractivity contribution in [1.82, 2.24) is 10.2 Å². The van der Waals surface area contributed by atoms with E-state index in [1.807, 2.05) is 30.3 Å². The topological polar surface area (TPSA) is 92.3 Å². The molecular weight excluding hydrogens is 420 g/mol. The first kappa shape index (κ1) is 20.2. The fourth-order valence-electron chi connectivity index (χ4n) is 2.58. The maximum Gasteiger partial charge on any atom is 0.249 e. The van der Waals surface area contributed by atoms with Crippen LogP contribution in [0.4, 0.5) is 10.8 Å². The van der Waals surface area contributed by atoms with Crippen molar-refractivity contribution >= 4 is 49.7 Å². The van der Waals surface area contributed by atoms with Gasteiger partial charge in [-0.1, -0.05) is 53.3 Å². The molecule has 2 aromatic carbocycles. The number of aromatic nitrogens is 2. The molecule has 0 spiro atoms. The van der Waals surface area contributed by atoms with E-state index in [1.54, 1.807) is 24.3 Å². The van der Waals surface area contributed by atoms with E-state index in [-0.39, 0.29) is 0 Å². The number of benzene rings is 2. The van der Waals surface area contributed by atoms with Crippen molar-refractivity contribution in [2.24, 2.45) is 0 Å². The number of hydrogen-bond acceptors (Lipinski definition) is 6. The maximum atomic E-state index is 12.7. The molecule has 1 amide bonds. The molecule has 3 aromatic rings. The molecule has 1 heterocycles. The van der Waals surface area contributed by atoms with Crippen molar-refractivity contribution < 1.29 is 13.2 Å². The molecular formula is C18H17ClN4O3S2. The molecule has 28 heavy (non-hydrogen) atoms. The smallest absolute Gasteiger partial charge is 0.249 e. The Balaban J connectivity index is 1.80. The lowest BCUT2D eigenvalue weighted by molar-refractivity contribution is -0.116. The molecule has 0 aliphatic heterocycles. The summed E-state index contributed by atoms with van der Waals surface area (Å²) in [5.74, 6) is -0.517. The van der Waals surface area contributed by atoms with Gasteiger partial charge in [0, 0.05) is 10.6 Å². The number of sulfonamides is 1. The van der Waals surface area contributed by atoms with Crippen LogP contribution >= 0.6 is 22.9 Å². The fraction of sp³-hybridized carbons (Fsp3) is 0.167. The van der Waals surface area contributed by atoms with Crippen LogP contribution in [0.25, 0.3) is 10.6 Å². The Morgan fingerprint density at radius 1 is 1.11 bits per heavy atom. The fourth-order valence-corrected chi connectivity index (χ4v) is 4.63. The minimum Gasteiger partial charge on any atom is -0.299 e. The Kier molecular flexibility index (Phi) is 5.97. The summed E-state index contributed by atoms with van der Waals surface area (Å²) >= 11 is 7.08. The van der Waals surface area contributed by atoms with Crippen molar-refractivity contribution in [2.75, 3.05) is 15.9 Å². The number of anilines is 2. The number of hydrogen-bond donors (Lipinski definition) is 1. The zero-order valence-electron chi connectivity index (χ0n) is 15.0. The predicted octanol–water partition coefficient (Wildman–Crippen LogP) is 3.65. The van der Waals surface area contributed by atoms with Gasteiger partial charge in [-0.2, -0.15) is 0 Å². The van der Waals surface area contributed by atoms with Crippen molar-refractivity contribution in [2.45, 2.75) is 13.0 Å². The lowest BCUT2D eigenvalue weighted by Crippen LogP contribution is -2.45. The molecule has 0 bridgehead atoms. The highest BCUT2D eigenvalue weighted by atomic mass is 35.5. The molecule has 1 aromatic heterocycles. The summed E-state index contributed by atoms with van der Waals surface area (Å²) in [7, 11) is -3.71. The third-order valence-electron chi connectivity index (χ3n) is 3.85. The van der Waals surface area contributed by atoms with E-state index < -0.39 is 22.0 Å². The van der Waals surface area contributed by atoms with Gasteiger partial charge in [-0.15, -0.1) is 10.2 Å². The molecule has 1 N–H and O–H groups in total. The lowest BCUT2D eigenvalue weighted by atomic mass is 10.2. The van der Waals surface area contributed by atoms with E-state index in [0.29, 0.717) is 20.8 Å². The largest absolute Gasteiger partial charge is 0.299 e. The molecule has 3 rings (SSSR count). The highest BCUT2D eigenvalue weighted by Gasteiger charge is 2.29. The normalized spacial score (nSPS) is 12.4. The molecule has 0 unspecified atom stereocenters. The third-order valence-corrected chi connectivity index (χ3v) is 6.23. The van der Waals surface area contributed by atoms with E-state index in [9.17, 15) is 13.2 Å². The molecule has 146 valence electrons. The molecule has 0 radical (unpaired) electrons. The second kappa shape index (κ2) is 8.26. The van der Waals surface area contributed by atoms with Crippen molar-refractivity contribution in [1.29, 1.82) is 0 Å². The SMILES string of the molecule is C[C@H](C(=O)Nc1nnc(-c2ccccc2)s1)N(c1ccc(Cl)cc1)S(C)(=O)=O. The molecule has 0 aliphatic carbocycles. The number of nitrogens with one attached hydrogen (secondary N) is 1. The van der Waals surface area contributed by atoms with Crippen LogP contribution in [0.3, 0.4) is 0 Å². The summed E-state index contributed by atoms with van der Waals surface area (Å²) in [5, 5.41) is 12.1. The molecule has 1 atom stereocenters. The maximum absolute atomic E-state index is 12.7. The van der Waals surface area contributed by atoms with Gasteiger partial charge in [-0.25, -0.2) is 8.42 Å². The van der Waals surface area contributed by atoms with Crippen LogP contribution in [0.2, 0.25) is 5.02 Å². The number of carbonyl (C=O) groups excluding carboxylic acids is 1. The quantitative estimate of drug-likeness (QED) is 0.636. The Labute approximate surface area is 172 Å². The zero-order chi connectivity index (χ0) is 20.3. The summed E-state index contributed by atoms with van der Waals surface area (Å²) in [6, 6.07) is 14.7. The molecule has 0 aliphatic rings. The van der Waals surface area contributed by atoms with Crippen LogP contribution in [-0.2, 0) is 14.8 Å². The lowest BCUT2D eigenvalue weighted by Gasteiger charge is -2.27. The summed E-state index contributed by atoms with van der Waals surface area (Å²) in [5.41, 5.74) is 1.23. The van der Waals surface area contributed by atoms with Gasteiger partial charge in [0.15, 0.2) is 0 Å². The van der Waals surface area contributed by atoms with Gasteiger partial charge in [0.25, 0.3) is 0 Å². The van der Waals surface area contributed by atoms with E-state index >= 15 is 0 Å². The highest BCUT2D eigenvalue weighted by molar-refractivity contribution is 7.92. The van der Waals surface area contributed by atoms with Crippen LogP contribution in [0.1, 0.15) is 6.92 Å². The molecule has 0 saturated heterocycles. The number of nitrogens with zero attached hydrogens (tertiary/aromatic N) is 3. The number of halogens is 1. The van der Waals surface area contributed by atoms with Crippen molar-refractivity contribution in [3.05, 3.63) is 59.6 Å². The third kappa shape index (κ3) is 4.67. The number of carbonyl (C=O) groups is 1. The van der Waals surface area contributed by atoms with Crippen LogP contribution in [0.5, 0.6) is 0 Å². The van der Waals surface area contributed by atoms with E-state index in [1.165, 1.54) is 18.3 Å². The minimum absolute atomic E-state index is 0.292. The van der Waals surface area contributed by atoms with Gasteiger partial charge in [0.2, 0.25) is 21.1 Å². The second-order valence-electron chi connectivity index (χ2n) is 5.98. The van der Waals surface area contributed by atoms with Gasteiger partial charge in [-0.05, 0) is 31.2 Å². The Morgan fingerprint density at radius 3 is 2.36 bits per heavy atom. The molecule has 0 saturated carbocycles. The van der Waals surface area contributed by atoms with Crippen LogP contribution < -0.4 is 9.62 Å². The predicted molar refractivity (Wildman–Crippen MR) is 112 cm³/mol. The van der Waals surface area contributed by atoms with Gasteiger partial charge in [0.1, 0.15) is 11.0 Å². The Morgan fingerprint density at radius 2 is 1.75 bits per heavy atom. The minimum atomic E-state index is -3.71. The summed E-state index contributed by atoms with van der Waals surface area (Å²) in [4.78, 5) is 12.7. The van der Waals surface area contributed by atoms with Crippen LogP contribution in [-0.4, -0.2) is 36.8 Å². The van der Waals surface area contributed by atoms with E-state index in [4.69, 9.17) is 11.6 Å². The molecule has 7 nitrogen and oxygen atoms in total. The first-order valence-corrected chi connectivity index (χ1v) is 11.2. The van der Waals surface area contributed by atoms with E-state index in [0.717, 1.165) is 16.1 Å².